The first kappa shape index (κ1) is 17.5. The molecule has 1 saturated heterocycles. The molecule has 0 N–H and O–H groups in total. The minimum Gasteiger partial charge on any atom is -0.465 e. The fourth-order valence-corrected chi connectivity index (χ4v) is 2.78. The summed E-state index contributed by atoms with van der Waals surface area (Å²) in [4.78, 5) is 12.0. The molecule has 0 bridgehead atoms. The van der Waals surface area contributed by atoms with E-state index >= 15 is 0 Å². The van der Waals surface area contributed by atoms with Crippen LogP contribution in [0.25, 0.3) is 0 Å². The third-order valence-corrected chi connectivity index (χ3v) is 4.25. The average Bonchev–Trinajstić information content (AvgIpc) is 2.46. The van der Waals surface area contributed by atoms with E-state index in [2.05, 4.69) is 19.9 Å². The molecule has 0 aromatic heterocycles. The van der Waals surface area contributed by atoms with Gasteiger partial charge in [-0.05, 0) is 25.7 Å². The highest BCUT2D eigenvalue weighted by Crippen LogP contribution is 2.32. The van der Waals surface area contributed by atoms with E-state index < -0.39 is 0 Å². The summed E-state index contributed by atoms with van der Waals surface area (Å²) in [5.74, 6) is -0.141. The zero-order valence-electron chi connectivity index (χ0n) is 14.4. The number of esters is 1. The third kappa shape index (κ3) is 5.10. The lowest BCUT2D eigenvalue weighted by atomic mass is 9.90. The summed E-state index contributed by atoms with van der Waals surface area (Å²) in [5.41, 5.74) is 0.935. The van der Waals surface area contributed by atoms with E-state index in [9.17, 15) is 4.79 Å². The lowest BCUT2D eigenvalue weighted by Crippen LogP contribution is -2.46. The molecule has 0 atom stereocenters. The van der Waals surface area contributed by atoms with Crippen molar-refractivity contribution in [2.75, 3.05) is 19.8 Å². The molecule has 0 aromatic rings. The van der Waals surface area contributed by atoms with Crippen LogP contribution in [0.1, 0.15) is 59.8 Å². The van der Waals surface area contributed by atoms with E-state index in [0.717, 1.165) is 12.8 Å². The maximum atomic E-state index is 12.0. The van der Waals surface area contributed by atoms with Crippen LogP contribution in [0.4, 0.5) is 0 Å². The molecule has 1 aliphatic carbocycles. The second kappa shape index (κ2) is 7.14. The van der Waals surface area contributed by atoms with Crippen LogP contribution in [0.15, 0.2) is 11.6 Å². The number of ether oxygens (including phenoxy) is 3. The Labute approximate surface area is 134 Å². The summed E-state index contributed by atoms with van der Waals surface area (Å²) < 4.78 is 17.1. The summed E-state index contributed by atoms with van der Waals surface area (Å²) in [6.07, 6.45) is 6.83. The summed E-state index contributed by atoms with van der Waals surface area (Å²) >= 11 is 0. The Kier molecular flexibility index (Phi) is 5.67. The molecule has 1 heterocycles. The van der Waals surface area contributed by atoms with E-state index in [4.69, 9.17) is 14.2 Å². The minimum absolute atomic E-state index is 0.0523. The molecular weight excluding hydrogens is 280 g/mol. The monoisotopic (exact) mass is 310 g/mol. The first-order valence-corrected chi connectivity index (χ1v) is 8.35. The highest BCUT2D eigenvalue weighted by atomic mass is 16.7. The van der Waals surface area contributed by atoms with Gasteiger partial charge in [0.15, 0.2) is 6.29 Å². The summed E-state index contributed by atoms with van der Waals surface area (Å²) in [6.45, 7) is 9.93. The Balaban J connectivity index is 1.77. The summed E-state index contributed by atoms with van der Waals surface area (Å²) in [6, 6.07) is 0. The van der Waals surface area contributed by atoms with Crippen LogP contribution in [0.2, 0.25) is 0 Å². The Bertz CT molecular complexity index is 413. The zero-order valence-corrected chi connectivity index (χ0v) is 14.4. The number of carbonyl (C=O) groups is 1. The predicted molar refractivity (Wildman–Crippen MR) is 85.4 cm³/mol. The molecule has 1 fully saturated rings. The molecular formula is C18H30O4. The van der Waals surface area contributed by atoms with E-state index in [1.54, 1.807) is 0 Å². The number of hydrogen-bond acceptors (Lipinski definition) is 4. The van der Waals surface area contributed by atoms with Crippen LogP contribution in [0, 0.1) is 10.8 Å². The quantitative estimate of drug-likeness (QED) is 0.571. The fraction of sp³-hybridized carbons (Fsp3) is 0.833. The molecule has 0 radical (unpaired) electrons. The topological polar surface area (TPSA) is 44.8 Å². The molecule has 0 spiro atoms. The Morgan fingerprint density at radius 3 is 2.59 bits per heavy atom. The fourth-order valence-electron chi connectivity index (χ4n) is 2.78. The number of allylic oxidation sites excluding steroid dienone is 1. The van der Waals surface area contributed by atoms with Gasteiger partial charge < -0.3 is 14.2 Å². The van der Waals surface area contributed by atoms with Crippen LogP contribution in [0.5, 0.6) is 0 Å². The third-order valence-electron chi connectivity index (χ3n) is 4.25. The molecule has 0 unspecified atom stereocenters. The number of hydrogen-bond donors (Lipinski definition) is 0. The van der Waals surface area contributed by atoms with Crippen molar-refractivity contribution in [3.05, 3.63) is 11.6 Å². The Morgan fingerprint density at radius 2 is 2.00 bits per heavy atom. The second-order valence-electron chi connectivity index (χ2n) is 8.05. The maximum Gasteiger partial charge on any atom is 0.309 e. The van der Waals surface area contributed by atoms with Crippen LogP contribution < -0.4 is 0 Å². The molecule has 126 valence electrons. The van der Waals surface area contributed by atoms with Crippen molar-refractivity contribution >= 4 is 5.97 Å². The van der Waals surface area contributed by atoms with Crippen molar-refractivity contribution in [3.8, 4) is 0 Å². The van der Waals surface area contributed by atoms with Crippen molar-refractivity contribution in [2.45, 2.75) is 66.1 Å². The van der Waals surface area contributed by atoms with Crippen molar-refractivity contribution < 1.29 is 19.0 Å². The van der Waals surface area contributed by atoms with Gasteiger partial charge in [0.05, 0.1) is 19.6 Å². The molecule has 4 heteroatoms. The van der Waals surface area contributed by atoms with Gasteiger partial charge in [0.1, 0.15) is 6.61 Å². The molecule has 22 heavy (non-hydrogen) atoms. The van der Waals surface area contributed by atoms with Crippen LogP contribution in [-0.4, -0.2) is 32.1 Å². The Hall–Kier alpha value is -0.870. The molecule has 0 amide bonds. The van der Waals surface area contributed by atoms with Crippen molar-refractivity contribution in [3.63, 3.8) is 0 Å². The van der Waals surface area contributed by atoms with E-state index in [1.165, 1.54) is 18.4 Å². The van der Waals surface area contributed by atoms with Gasteiger partial charge in [-0.25, -0.2) is 0 Å². The maximum absolute atomic E-state index is 12.0. The van der Waals surface area contributed by atoms with Crippen molar-refractivity contribution in [1.29, 1.82) is 0 Å². The molecule has 0 aromatic carbocycles. The lowest BCUT2D eigenvalue weighted by Gasteiger charge is -2.41. The zero-order chi connectivity index (χ0) is 16.2. The smallest absolute Gasteiger partial charge is 0.309 e. The van der Waals surface area contributed by atoms with Gasteiger partial charge in [-0.1, -0.05) is 39.3 Å². The number of rotatable bonds is 5. The molecule has 4 nitrogen and oxygen atoms in total. The highest BCUT2D eigenvalue weighted by Gasteiger charge is 2.38. The van der Waals surface area contributed by atoms with E-state index in [1.807, 2.05) is 13.8 Å². The van der Waals surface area contributed by atoms with Gasteiger partial charge in [-0.3, -0.25) is 4.79 Å². The van der Waals surface area contributed by atoms with Crippen molar-refractivity contribution in [2.24, 2.45) is 10.8 Å². The minimum atomic E-state index is -0.340. The van der Waals surface area contributed by atoms with Gasteiger partial charge in [-0.15, -0.1) is 0 Å². The van der Waals surface area contributed by atoms with Gasteiger partial charge in [0, 0.05) is 10.8 Å². The summed E-state index contributed by atoms with van der Waals surface area (Å²) in [7, 11) is 0. The molecule has 2 aliphatic rings. The van der Waals surface area contributed by atoms with Gasteiger partial charge >= 0.3 is 5.97 Å². The van der Waals surface area contributed by atoms with Gasteiger partial charge in [0.25, 0.3) is 0 Å². The molecule has 1 aliphatic heterocycles. The predicted octanol–water partition coefficient (Wildman–Crippen LogP) is 3.85. The molecule has 0 saturated carbocycles. The van der Waals surface area contributed by atoms with Crippen molar-refractivity contribution in [1.82, 2.24) is 0 Å². The normalized spacial score (nSPS) is 23.0. The first-order chi connectivity index (χ1) is 10.3. The summed E-state index contributed by atoms with van der Waals surface area (Å²) in [5, 5.41) is 0. The second-order valence-corrected chi connectivity index (χ2v) is 8.05. The average molecular weight is 310 g/mol. The van der Waals surface area contributed by atoms with Crippen LogP contribution in [0.3, 0.4) is 0 Å². The van der Waals surface area contributed by atoms with E-state index in [0.29, 0.717) is 26.2 Å². The van der Waals surface area contributed by atoms with Gasteiger partial charge in [-0.2, -0.15) is 0 Å². The first-order valence-electron chi connectivity index (χ1n) is 8.35. The highest BCUT2D eigenvalue weighted by molar-refractivity contribution is 5.72. The molecule has 2 rings (SSSR count). The largest absolute Gasteiger partial charge is 0.465 e. The lowest BCUT2D eigenvalue weighted by molar-refractivity contribution is -0.269. The SMILES string of the molecule is CC1(C)COC(C(C)(C)COC(=O)CC2=CCCCC2)OC1. The number of carbonyl (C=O) groups excluding carboxylic acids is 1. The van der Waals surface area contributed by atoms with E-state index in [-0.39, 0.29) is 23.1 Å². The Morgan fingerprint density at radius 1 is 1.32 bits per heavy atom. The standard InChI is InChI=1S/C18H30O4/c1-17(2)11-21-16(22-12-17)18(3,4)13-20-15(19)10-14-8-6-5-7-9-14/h8,16H,5-7,9-13H2,1-4H3. The van der Waals surface area contributed by atoms with Gasteiger partial charge in [0.2, 0.25) is 0 Å². The van der Waals surface area contributed by atoms with Crippen LogP contribution >= 0.6 is 0 Å². The van der Waals surface area contributed by atoms with Crippen LogP contribution in [-0.2, 0) is 19.0 Å².